The summed E-state index contributed by atoms with van der Waals surface area (Å²) in [5, 5.41) is 16.8. The van der Waals surface area contributed by atoms with Crippen molar-refractivity contribution in [2.45, 2.75) is 31.5 Å². The number of hydrogen-bond acceptors (Lipinski definition) is 7. The predicted octanol–water partition coefficient (Wildman–Crippen LogP) is 1.39. The smallest absolute Gasteiger partial charge is 0.321 e. The molecule has 1 heterocycles. The van der Waals surface area contributed by atoms with E-state index in [4.69, 9.17) is 4.74 Å². The van der Waals surface area contributed by atoms with Crippen LogP contribution in [0.1, 0.15) is 20.3 Å². The van der Waals surface area contributed by atoms with Crippen molar-refractivity contribution in [2.75, 3.05) is 12.9 Å². The summed E-state index contributed by atoms with van der Waals surface area (Å²) in [6, 6.07) is 6.68. The van der Waals surface area contributed by atoms with Gasteiger partial charge in [0.15, 0.2) is 0 Å². The number of urea groups is 1. The molecule has 2 N–H and O–H groups in total. The monoisotopic (exact) mass is 364 g/mol. The van der Waals surface area contributed by atoms with Crippen molar-refractivity contribution in [1.82, 2.24) is 30.8 Å². The molecular formula is C15H20N6O3S. The molecule has 25 heavy (non-hydrogen) atoms. The number of carbonyl (C=O) groups is 2. The van der Waals surface area contributed by atoms with Crippen molar-refractivity contribution < 1.29 is 14.3 Å². The molecule has 134 valence electrons. The van der Waals surface area contributed by atoms with Crippen LogP contribution in [0, 0.1) is 0 Å². The van der Waals surface area contributed by atoms with E-state index in [1.807, 2.05) is 13.8 Å². The fourth-order valence-electron chi connectivity index (χ4n) is 1.81. The molecule has 0 spiro atoms. The number of carbonyl (C=O) groups excluding carboxylic acids is 2. The van der Waals surface area contributed by atoms with E-state index in [2.05, 4.69) is 26.2 Å². The van der Waals surface area contributed by atoms with Gasteiger partial charge in [0.25, 0.3) is 0 Å². The lowest BCUT2D eigenvalue weighted by Gasteiger charge is -2.11. The largest absolute Gasteiger partial charge is 0.497 e. The van der Waals surface area contributed by atoms with Gasteiger partial charge in [-0.3, -0.25) is 10.1 Å². The average Bonchev–Trinajstić information content (AvgIpc) is 3.08. The minimum atomic E-state index is -0.505. The number of hydrogen-bond donors (Lipinski definition) is 2. The Balaban J connectivity index is 1.92. The molecule has 0 saturated heterocycles. The molecule has 2 rings (SSSR count). The molecular weight excluding hydrogens is 344 g/mol. The first kappa shape index (κ1) is 18.7. The third-order valence-electron chi connectivity index (χ3n) is 3.33. The predicted molar refractivity (Wildman–Crippen MR) is 92.9 cm³/mol. The van der Waals surface area contributed by atoms with Crippen LogP contribution >= 0.6 is 11.8 Å². The summed E-state index contributed by atoms with van der Waals surface area (Å²) in [6.45, 7) is 3.81. The van der Waals surface area contributed by atoms with Crippen LogP contribution in [0.2, 0.25) is 0 Å². The summed E-state index contributed by atoms with van der Waals surface area (Å²) in [5.41, 5.74) is 0.739. The Hall–Kier alpha value is -2.62. The zero-order valence-corrected chi connectivity index (χ0v) is 15.0. The van der Waals surface area contributed by atoms with E-state index < -0.39 is 11.9 Å². The standard InChI is InChI=1S/C15H20N6O3S/c1-4-10(2)16-14(23)17-13(22)9-25-15-18-19-20-21(15)11-5-7-12(24-3)8-6-11/h5-8,10H,4,9H2,1-3H3,(H2,16,17,22,23)/t10-/m1/s1. The highest BCUT2D eigenvalue weighted by atomic mass is 32.2. The maximum Gasteiger partial charge on any atom is 0.321 e. The number of aromatic nitrogens is 4. The lowest BCUT2D eigenvalue weighted by molar-refractivity contribution is -0.117. The van der Waals surface area contributed by atoms with E-state index in [0.29, 0.717) is 5.16 Å². The molecule has 9 nitrogen and oxygen atoms in total. The van der Waals surface area contributed by atoms with Crippen molar-refractivity contribution in [3.8, 4) is 11.4 Å². The molecule has 1 aromatic heterocycles. The topological polar surface area (TPSA) is 111 Å². The van der Waals surface area contributed by atoms with Crippen LogP contribution in [0.4, 0.5) is 4.79 Å². The summed E-state index contributed by atoms with van der Waals surface area (Å²) in [6.07, 6.45) is 0.785. The summed E-state index contributed by atoms with van der Waals surface area (Å²) >= 11 is 1.14. The van der Waals surface area contributed by atoms with E-state index >= 15 is 0 Å². The Morgan fingerprint density at radius 2 is 2.04 bits per heavy atom. The lowest BCUT2D eigenvalue weighted by atomic mass is 10.3. The maximum atomic E-state index is 11.9. The molecule has 0 unspecified atom stereocenters. The average molecular weight is 364 g/mol. The number of tetrazole rings is 1. The Morgan fingerprint density at radius 1 is 1.32 bits per heavy atom. The zero-order chi connectivity index (χ0) is 18.2. The summed E-state index contributed by atoms with van der Waals surface area (Å²) in [5.74, 6) is 0.317. The van der Waals surface area contributed by atoms with Crippen molar-refractivity contribution in [1.29, 1.82) is 0 Å². The molecule has 0 radical (unpaired) electrons. The molecule has 0 aliphatic heterocycles. The van der Waals surface area contributed by atoms with Crippen LogP contribution in [-0.4, -0.2) is 51.1 Å². The highest BCUT2D eigenvalue weighted by Crippen LogP contribution is 2.20. The number of imide groups is 1. The number of methoxy groups -OCH3 is 1. The SMILES string of the molecule is CC[C@@H](C)NC(=O)NC(=O)CSc1nnnn1-c1ccc(OC)cc1. The van der Waals surface area contributed by atoms with Crippen molar-refractivity contribution in [3.63, 3.8) is 0 Å². The third-order valence-corrected chi connectivity index (χ3v) is 4.25. The number of nitrogens with one attached hydrogen (secondary N) is 2. The van der Waals surface area contributed by atoms with Crippen LogP contribution in [0.25, 0.3) is 5.69 Å². The Morgan fingerprint density at radius 3 is 2.68 bits per heavy atom. The number of rotatable bonds is 7. The van der Waals surface area contributed by atoms with Crippen molar-refractivity contribution >= 4 is 23.7 Å². The lowest BCUT2D eigenvalue weighted by Crippen LogP contribution is -2.43. The van der Waals surface area contributed by atoms with E-state index in [0.717, 1.165) is 29.6 Å². The summed E-state index contributed by atoms with van der Waals surface area (Å²) in [7, 11) is 1.59. The Kier molecular flexibility index (Phi) is 6.75. The van der Waals surface area contributed by atoms with Crippen LogP contribution in [0.3, 0.4) is 0 Å². The minimum absolute atomic E-state index is 0.00261. The second kappa shape index (κ2) is 9.02. The molecule has 3 amide bonds. The Labute approximate surface area is 149 Å². The number of thioether (sulfide) groups is 1. The summed E-state index contributed by atoms with van der Waals surface area (Å²) in [4.78, 5) is 23.5. The van der Waals surface area contributed by atoms with Gasteiger partial charge in [-0.15, -0.1) is 5.10 Å². The van der Waals surface area contributed by atoms with Gasteiger partial charge >= 0.3 is 6.03 Å². The molecule has 1 aromatic carbocycles. The van der Waals surface area contributed by atoms with Crippen LogP contribution in [0.5, 0.6) is 5.75 Å². The van der Waals surface area contributed by atoms with E-state index in [1.165, 1.54) is 4.68 Å². The minimum Gasteiger partial charge on any atom is -0.497 e. The first-order valence-corrected chi connectivity index (χ1v) is 8.68. The fourth-order valence-corrected chi connectivity index (χ4v) is 2.50. The molecule has 0 aliphatic carbocycles. The molecule has 0 saturated carbocycles. The molecule has 0 bridgehead atoms. The van der Waals surface area contributed by atoms with Gasteiger partial charge in [0.1, 0.15) is 5.75 Å². The van der Waals surface area contributed by atoms with Gasteiger partial charge in [0.2, 0.25) is 11.1 Å². The number of ether oxygens (including phenoxy) is 1. The highest BCUT2D eigenvalue weighted by molar-refractivity contribution is 7.99. The van der Waals surface area contributed by atoms with Crippen LogP contribution < -0.4 is 15.4 Å². The van der Waals surface area contributed by atoms with Gasteiger partial charge in [0.05, 0.1) is 18.6 Å². The third kappa shape index (κ3) is 5.45. The molecule has 0 aliphatic rings. The zero-order valence-electron chi connectivity index (χ0n) is 14.2. The first-order chi connectivity index (χ1) is 12.0. The van der Waals surface area contributed by atoms with E-state index in [1.54, 1.807) is 31.4 Å². The maximum absolute atomic E-state index is 11.9. The summed E-state index contributed by atoms with van der Waals surface area (Å²) < 4.78 is 6.62. The van der Waals surface area contributed by atoms with Gasteiger partial charge in [-0.2, -0.15) is 4.68 Å². The van der Waals surface area contributed by atoms with Gasteiger partial charge in [-0.05, 0) is 48.0 Å². The second-order valence-corrected chi connectivity index (χ2v) is 6.13. The van der Waals surface area contributed by atoms with Gasteiger partial charge in [-0.1, -0.05) is 18.7 Å². The van der Waals surface area contributed by atoms with Crippen LogP contribution in [-0.2, 0) is 4.79 Å². The van der Waals surface area contributed by atoms with Gasteiger partial charge < -0.3 is 10.1 Å². The van der Waals surface area contributed by atoms with Gasteiger partial charge in [-0.25, -0.2) is 4.79 Å². The van der Waals surface area contributed by atoms with Crippen molar-refractivity contribution in [3.05, 3.63) is 24.3 Å². The number of amides is 3. The highest BCUT2D eigenvalue weighted by Gasteiger charge is 2.14. The number of benzene rings is 1. The quantitative estimate of drug-likeness (QED) is 0.714. The fraction of sp³-hybridized carbons (Fsp3) is 0.400. The first-order valence-electron chi connectivity index (χ1n) is 7.69. The molecule has 2 aromatic rings. The molecule has 10 heteroatoms. The number of nitrogens with zero attached hydrogens (tertiary/aromatic N) is 4. The Bertz CT molecular complexity index is 718. The second-order valence-electron chi connectivity index (χ2n) is 5.19. The van der Waals surface area contributed by atoms with Crippen molar-refractivity contribution in [2.24, 2.45) is 0 Å². The van der Waals surface area contributed by atoms with E-state index in [-0.39, 0.29) is 11.8 Å². The van der Waals surface area contributed by atoms with Gasteiger partial charge in [0, 0.05) is 6.04 Å². The normalized spacial score (nSPS) is 11.6. The molecule has 0 fully saturated rings. The van der Waals surface area contributed by atoms with E-state index in [9.17, 15) is 9.59 Å². The van der Waals surface area contributed by atoms with Crippen LogP contribution in [0.15, 0.2) is 29.4 Å². The molecule has 1 atom stereocenters.